The van der Waals surface area contributed by atoms with Crippen molar-refractivity contribution in [3.63, 3.8) is 0 Å². The van der Waals surface area contributed by atoms with Crippen molar-refractivity contribution in [2.75, 3.05) is 5.73 Å². The van der Waals surface area contributed by atoms with E-state index in [1.165, 1.54) is 5.56 Å². The van der Waals surface area contributed by atoms with Crippen molar-refractivity contribution < 1.29 is 4.79 Å². The molecular formula is C12H15N7O. The van der Waals surface area contributed by atoms with Gasteiger partial charge >= 0.3 is 0 Å². The first kappa shape index (κ1) is 13.7. The molecule has 0 aliphatic heterocycles. The highest BCUT2D eigenvalue weighted by Gasteiger charge is 2.05. The number of aryl methyl sites for hydroxylation is 1. The number of benzene rings is 1. The summed E-state index contributed by atoms with van der Waals surface area (Å²) in [5.41, 5.74) is 10.6. The van der Waals surface area contributed by atoms with Gasteiger partial charge in [0.15, 0.2) is 0 Å². The van der Waals surface area contributed by atoms with E-state index in [1.807, 2.05) is 38.1 Å². The van der Waals surface area contributed by atoms with E-state index in [1.54, 1.807) is 0 Å². The van der Waals surface area contributed by atoms with Crippen LogP contribution in [0.15, 0.2) is 29.4 Å². The number of nitrogens with zero attached hydrogens (tertiary/aromatic N) is 5. The van der Waals surface area contributed by atoms with Gasteiger partial charge in [-0.3, -0.25) is 4.79 Å². The number of aromatic nitrogens is 4. The van der Waals surface area contributed by atoms with E-state index in [9.17, 15) is 4.79 Å². The molecule has 0 fully saturated rings. The second-order valence-electron chi connectivity index (χ2n) is 4.28. The average Bonchev–Trinajstić information content (AvgIpc) is 2.82. The van der Waals surface area contributed by atoms with Gasteiger partial charge in [0.25, 0.3) is 11.9 Å². The second kappa shape index (κ2) is 5.91. The van der Waals surface area contributed by atoms with Crippen molar-refractivity contribution in [1.29, 1.82) is 0 Å². The topological polar surface area (TPSA) is 111 Å². The Morgan fingerprint density at radius 1 is 1.40 bits per heavy atom. The Morgan fingerprint density at radius 3 is 2.70 bits per heavy atom. The summed E-state index contributed by atoms with van der Waals surface area (Å²) in [4.78, 5) is 12.7. The Labute approximate surface area is 115 Å². The van der Waals surface area contributed by atoms with Gasteiger partial charge in [-0.2, -0.15) is 9.90 Å². The summed E-state index contributed by atoms with van der Waals surface area (Å²) < 4.78 is 0. The second-order valence-corrected chi connectivity index (χ2v) is 4.28. The molecule has 2 aromatic rings. The molecule has 0 bridgehead atoms. The summed E-state index contributed by atoms with van der Waals surface area (Å²) >= 11 is 0. The van der Waals surface area contributed by atoms with Crippen LogP contribution in [0.4, 0.5) is 5.95 Å². The van der Waals surface area contributed by atoms with E-state index in [0.717, 1.165) is 10.4 Å². The maximum Gasteiger partial charge on any atom is 0.263 e. The number of rotatable bonds is 4. The van der Waals surface area contributed by atoms with Crippen molar-refractivity contribution >= 4 is 17.6 Å². The summed E-state index contributed by atoms with van der Waals surface area (Å²) in [7, 11) is 0. The Hall–Kier alpha value is -2.77. The third-order valence-electron chi connectivity index (χ3n) is 2.57. The molecule has 0 saturated carbocycles. The number of hydrazone groups is 1. The molecule has 3 N–H and O–H groups in total. The summed E-state index contributed by atoms with van der Waals surface area (Å²) in [5.74, 6) is -0.328. The number of nitrogens with two attached hydrogens (primary N) is 1. The number of nitrogens with one attached hydrogen (secondary N) is 1. The predicted octanol–water partition coefficient (Wildman–Crippen LogP) is 0.104. The van der Waals surface area contributed by atoms with Gasteiger partial charge in [-0.1, -0.05) is 34.9 Å². The molecule has 0 radical (unpaired) electrons. The summed E-state index contributed by atoms with van der Waals surface area (Å²) in [6.45, 7) is 3.74. The van der Waals surface area contributed by atoms with Gasteiger partial charge in [-0.25, -0.2) is 5.43 Å². The molecule has 8 nitrogen and oxygen atoms in total. The first-order valence-electron chi connectivity index (χ1n) is 5.98. The fraction of sp³-hybridized carbons (Fsp3) is 0.250. The number of tetrazole rings is 1. The van der Waals surface area contributed by atoms with Crippen LogP contribution >= 0.6 is 0 Å². The summed E-state index contributed by atoms with van der Waals surface area (Å²) in [6, 6.07) is 7.86. The minimum Gasteiger partial charge on any atom is -0.365 e. The number of anilines is 1. The molecule has 1 heterocycles. The highest BCUT2D eigenvalue weighted by Crippen LogP contribution is 2.04. The lowest BCUT2D eigenvalue weighted by Crippen LogP contribution is -2.25. The first-order valence-corrected chi connectivity index (χ1v) is 5.98. The van der Waals surface area contributed by atoms with Crippen molar-refractivity contribution in [2.24, 2.45) is 5.10 Å². The molecule has 2 rings (SSSR count). The van der Waals surface area contributed by atoms with Crippen LogP contribution in [0, 0.1) is 6.92 Å². The van der Waals surface area contributed by atoms with Crippen LogP contribution in [-0.4, -0.2) is 31.8 Å². The van der Waals surface area contributed by atoms with Crippen molar-refractivity contribution in [1.82, 2.24) is 25.6 Å². The van der Waals surface area contributed by atoms with E-state index in [-0.39, 0.29) is 18.4 Å². The molecule has 0 saturated heterocycles. The summed E-state index contributed by atoms with van der Waals surface area (Å²) in [6.07, 6.45) is 0. The minimum absolute atomic E-state index is 0.0251. The molecule has 0 spiro atoms. The minimum atomic E-state index is -0.353. The maximum atomic E-state index is 11.6. The third-order valence-corrected chi connectivity index (χ3v) is 2.57. The van der Waals surface area contributed by atoms with Gasteiger partial charge in [-0.15, -0.1) is 5.10 Å². The number of carbonyl (C=O) groups is 1. The van der Waals surface area contributed by atoms with Crippen molar-refractivity contribution in [2.45, 2.75) is 20.4 Å². The van der Waals surface area contributed by atoms with Gasteiger partial charge in [0.1, 0.15) is 6.54 Å². The number of nitrogen functional groups attached to an aromatic ring is 1. The molecule has 0 aliphatic rings. The van der Waals surface area contributed by atoms with Gasteiger partial charge in [-0.05, 0) is 24.6 Å². The molecule has 0 unspecified atom stereocenters. The normalized spacial score (nSPS) is 11.4. The fourth-order valence-electron chi connectivity index (χ4n) is 1.49. The molecule has 8 heteroatoms. The van der Waals surface area contributed by atoms with Crippen LogP contribution < -0.4 is 11.2 Å². The maximum absolute atomic E-state index is 11.6. The number of hydrogen-bond donors (Lipinski definition) is 2. The molecule has 20 heavy (non-hydrogen) atoms. The standard InChI is InChI=1S/C12H15N7O/c1-8-3-5-10(6-4-8)9(2)14-15-11(20)7-19-17-12(13)16-18-19/h3-6H,7H2,1-2H3,(H2,13,17)(H,15,20)/b14-9+. The van der Waals surface area contributed by atoms with Crippen LogP contribution in [0.3, 0.4) is 0 Å². The van der Waals surface area contributed by atoms with Gasteiger partial charge in [0.2, 0.25) is 0 Å². The molecule has 1 amide bonds. The zero-order chi connectivity index (χ0) is 14.5. The highest BCUT2D eigenvalue weighted by molar-refractivity contribution is 5.99. The van der Waals surface area contributed by atoms with Crippen LogP contribution in [0.2, 0.25) is 0 Å². The van der Waals surface area contributed by atoms with Gasteiger partial charge in [0.05, 0.1) is 5.71 Å². The Morgan fingerprint density at radius 2 is 2.10 bits per heavy atom. The fourth-order valence-corrected chi connectivity index (χ4v) is 1.49. The number of carbonyl (C=O) groups excluding carboxylic acids is 1. The van der Waals surface area contributed by atoms with Crippen LogP contribution in [-0.2, 0) is 11.3 Å². The van der Waals surface area contributed by atoms with Crippen LogP contribution in [0.25, 0.3) is 0 Å². The Kier molecular flexibility index (Phi) is 4.04. The van der Waals surface area contributed by atoms with Gasteiger partial charge in [0, 0.05) is 0 Å². The SMILES string of the molecule is C/C(=N\NC(=O)Cn1nnc(N)n1)c1ccc(C)cc1. The smallest absolute Gasteiger partial charge is 0.263 e. The van der Waals surface area contributed by atoms with E-state index >= 15 is 0 Å². The number of hydrogen-bond acceptors (Lipinski definition) is 6. The third kappa shape index (κ3) is 3.61. The van der Waals surface area contributed by atoms with Gasteiger partial charge < -0.3 is 5.73 Å². The summed E-state index contributed by atoms with van der Waals surface area (Å²) in [5, 5.41) is 14.8. The lowest BCUT2D eigenvalue weighted by Gasteiger charge is -2.03. The zero-order valence-corrected chi connectivity index (χ0v) is 11.2. The van der Waals surface area contributed by atoms with Crippen molar-refractivity contribution in [3.8, 4) is 0 Å². The molecule has 1 aromatic heterocycles. The van der Waals surface area contributed by atoms with E-state index in [4.69, 9.17) is 5.73 Å². The largest absolute Gasteiger partial charge is 0.365 e. The number of amides is 1. The van der Waals surface area contributed by atoms with Crippen LogP contribution in [0.1, 0.15) is 18.1 Å². The molecule has 0 atom stereocenters. The lowest BCUT2D eigenvalue weighted by atomic mass is 10.1. The average molecular weight is 273 g/mol. The quantitative estimate of drug-likeness (QED) is 0.606. The molecular weight excluding hydrogens is 258 g/mol. The van der Waals surface area contributed by atoms with E-state index in [2.05, 4.69) is 25.9 Å². The lowest BCUT2D eigenvalue weighted by molar-refractivity contribution is -0.122. The highest BCUT2D eigenvalue weighted by atomic mass is 16.2. The van der Waals surface area contributed by atoms with Crippen molar-refractivity contribution in [3.05, 3.63) is 35.4 Å². The molecule has 104 valence electrons. The van der Waals surface area contributed by atoms with E-state index < -0.39 is 0 Å². The van der Waals surface area contributed by atoms with E-state index in [0.29, 0.717) is 5.71 Å². The molecule has 0 aliphatic carbocycles. The zero-order valence-electron chi connectivity index (χ0n) is 11.2. The predicted molar refractivity (Wildman–Crippen MR) is 73.8 cm³/mol. The Balaban J connectivity index is 1.94. The first-order chi connectivity index (χ1) is 9.54. The molecule has 1 aromatic carbocycles. The Bertz CT molecular complexity index is 630. The van der Waals surface area contributed by atoms with Crippen LogP contribution in [0.5, 0.6) is 0 Å². The monoisotopic (exact) mass is 273 g/mol.